The lowest BCUT2D eigenvalue weighted by molar-refractivity contribution is 0.197. The van der Waals surface area contributed by atoms with Gasteiger partial charge in [0.2, 0.25) is 0 Å². The maximum Gasteiger partial charge on any atom is 0.109 e. The van der Waals surface area contributed by atoms with Gasteiger partial charge >= 0.3 is 0 Å². The minimum atomic E-state index is -0.641. The van der Waals surface area contributed by atoms with Gasteiger partial charge in [0.05, 0.1) is 11.6 Å². The average molecular weight is 172 g/mol. The summed E-state index contributed by atoms with van der Waals surface area (Å²) in [5.41, 5.74) is 1.71. The van der Waals surface area contributed by atoms with Gasteiger partial charge in [-0.1, -0.05) is 6.07 Å². The Kier molecular flexibility index (Phi) is 2.85. The summed E-state index contributed by atoms with van der Waals surface area (Å²) in [7, 11) is 0. The van der Waals surface area contributed by atoms with Gasteiger partial charge in [0.15, 0.2) is 0 Å². The molecule has 1 atom stereocenters. The average Bonchev–Trinajstić information content (AvgIpc) is 2.05. The van der Waals surface area contributed by atoms with Gasteiger partial charge in [-0.05, 0) is 18.6 Å². The van der Waals surface area contributed by atoms with Crippen molar-refractivity contribution in [1.29, 1.82) is 0 Å². The molecule has 0 amide bonds. The molecule has 0 radical (unpaired) electrons. The summed E-state index contributed by atoms with van der Waals surface area (Å²) < 4.78 is 0. The van der Waals surface area contributed by atoms with E-state index in [2.05, 4.69) is 4.98 Å². The first kappa shape index (κ1) is 8.50. The number of hydrogen-bond donors (Lipinski definition) is 1. The van der Waals surface area contributed by atoms with Crippen molar-refractivity contribution < 1.29 is 5.11 Å². The summed E-state index contributed by atoms with van der Waals surface area (Å²) in [5.74, 6) is 0.191. The summed E-state index contributed by atoms with van der Waals surface area (Å²) in [5, 5.41) is 9.23. The topological polar surface area (TPSA) is 33.1 Å². The van der Waals surface area contributed by atoms with Crippen molar-refractivity contribution in [3.05, 3.63) is 29.6 Å². The first-order valence-electron chi connectivity index (χ1n) is 3.40. The molecule has 0 aliphatic heterocycles. The number of alkyl halides is 1. The van der Waals surface area contributed by atoms with Gasteiger partial charge in [-0.25, -0.2) is 0 Å². The molecule has 1 aromatic rings. The van der Waals surface area contributed by atoms with Crippen molar-refractivity contribution in [3.8, 4) is 0 Å². The van der Waals surface area contributed by atoms with Crippen LogP contribution in [0.3, 0.4) is 0 Å². The minimum Gasteiger partial charge on any atom is -0.386 e. The van der Waals surface area contributed by atoms with Gasteiger partial charge in [-0.2, -0.15) is 0 Å². The van der Waals surface area contributed by atoms with Gasteiger partial charge in [0.1, 0.15) is 6.10 Å². The molecule has 0 aliphatic rings. The molecule has 60 valence electrons. The molecule has 0 aliphatic carbocycles. The van der Waals surface area contributed by atoms with Gasteiger partial charge in [0, 0.05) is 6.20 Å². The molecule has 0 spiro atoms. The predicted molar refractivity (Wildman–Crippen MR) is 44.7 cm³/mol. The van der Waals surface area contributed by atoms with Crippen molar-refractivity contribution >= 4 is 11.6 Å². The zero-order valence-corrected chi connectivity index (χ0v) is 7.04. The van der Waals surface area contributed by atoms with Crippen LogP contribution >= 0.6 is 11.6 Å². The fourth-order valence-corrected chi connectivity index (χ4v) is 0.913. The maximum absolute atomic E-state index is 9.23. The second-order valence-electron chi connectivity index (χ2n) is 2.43. The van der Waals surface area contributed by atoms with E-state index in [9.17, 15) is 5.11 Å². The van der Waals surface area contributed by atoms with Crippen LogP contribution < -0.4 is 0 Å². The fraction of sp³-hybridized carbons (Fsp3) is 0.375. The summed E-state index contributed by atoms with van der Waals surface area (Å²) in [4.78, 5) is 4.01. The van der Waals surface area contributed by atoms with Crippen LogP contribution in [-0.4, -0.2) is 16.0 Å². The van der Waals surface area contributed by atoms with Crippen molar-refractivity contribution in [3.63, 3.8) is 0 Å². The zero-order chi connectivity index (χ0) is 8.27. The Morgan fingerprint density at radius 3 is 2.82 bits per heavy atom. The number of halogens is 1. The Balaban J connectivity index is 2.81. The molecule has 0 saturated carbocycles. The summed E-state index contributed by atoms with van der Waals surface area (Å²) in [6, 6.07) is 3.68. The van der Waals surface area contributed by atoms with E-state index in [1.165, 1.54) is 0 Å². The van der Waals surface area contributed by atoms with Crippen molar-refractivity contribution in [2.75, 3.05) is 5.88 Å². The molecule has 1 N–H and O–H groups in total. The molecule has 3 heteroatoms. The predicted octanol–water partition coefficient (Wildman–Crippen LogP) is 1.66. The molecular formula is C8H10ClNO. The van der Waals surface area contributed by atoms with E-state index in [-0.39, 0.29) is 5.88 Å². The van der Waals surface area contributed by atoms with Crippen molar-refractivity contribution in [2.45, 2.75) is 13.0 Å². The molecule has 1 aromatic heterocycles. The molecule has 2 nitrogen and oxygen atoms in total. The van der Waals surface area contributed by atoms with Crippen LogP contribution in [0, 0.1) is 6.92 Å². The van der Waals surface area contributed by atoms with Crippen molar-refractivity contribution in [2.24, 2.45) is 0 Å². The third-order valence-electron chi connectivity index (χ3n) is 1.42. The number of nitrogens with zero attached hydrogens (tertiary/aromatic N) is 1. The summed E-state index contributed by atoms with van der Waals surface area (Å²) >= 11 is 5.44. The molecule has 0 bridgehead atoms. The lowest BCUT2D eigenvalue weighted by Gasteiger charge is -2.04. The van der Waals surface area contributed by atoms with Crippen LogP contribution in [0.15, 0.2) is 18.3 Å². The molecule has 0 fully saturated rings. The SMILES string of the molecule is Cc1ccc(C(O)CCl)nc1. The van der Waals surface area contributed by atoms with Gasteiger partial charge < -0.3 is 5.11 Å². The van der Waals surface area contributed by atoms with Crippen LogP contribution in [0.25, 0.3) is 0 Å². The second-order valence-corrected chi connectivity index (χ2v) is 2.74. The molecule has 0 aromatic carbocycles. The van der Waals surface area contributed by atoms with E-state index in [4.69, 9.17) is 11.6 Å². The maximum atomic E-state index is 9.23. The Morgan fingerprint density at radius 2 is 2.36 bits per heavy atom. The smallest absolute Gasteiger partial charge is 0.109 e. The van der Waals surface area contributed by atoms with Crippen LogP contribution in [0.5, 0.6) is 0 Å². The number of pyridine rings is 1. The van der Waals surface area contributed by atoms with Crippen LogP contribution in [-0.2, 0) is 0 Å². The van der Waals surface area contributed by atoms with Gasteiger partial charge in [-0.15, -0.1) is 11.6 Å². The minimum absolute atomic E-state index is 0.191. The Morgan fingerprint density at radius 1 is 1.64 bits per heavy atom. The molecule has 0 saturated heterocycles. The molecule has 1 heterocycles. The van der Waals surface area contributed by atoms with Gasteiger partial charge in [0.25, 0.3) is 0 Å². The first-order valence-corrected chi connectivity index (χ1v) is 3.94. The van der Waals surface area contributed by atoms with E-state index >= 15 is 0 Å². The Labute approximate surface area is 70.8 Å². The fourth-order valence-electron chi connectivity index (χ4n) is 0.755. The number of aromatic nitrogens is 1. The summed E-state index contributed by atoms with van der Waals surface area (Å²) in [6.07, 6.45) is 1.07. The van der Waals surface area contributed by atoms with E-state index in [1.807, 2.05) is 13.0 Å². The molecule has 1 rings (SSSR count). The number of rotatable bonds is 2. The van der Waals surface area contributed by atoms with Crippen molar-refractivity contribution in [1.82, 2.24) is 4.98 Å². The van der Waals surface area contributed by atoms with E-state index < -0.39 is 6.10 Å². The Hall–Kier alpha value is -0.600. The lowest BCUT2D eigenvalue weighted by atomic mass is 10.2. The zero-order valence-electron chi connectivity index (χ0n) is 6.29. The number of aryl methyl sites for hydroxylation is 1. The van der Waals surface area contributed by atoms with Gasteiger partial charge in [-0.3, -0.25) is 4.98 Å². The Bertz CT molecular complexity index is 222. The number of hydrogen-bond acceptors (Lipinski definition) is 2. The second kappa shape index (κ2) is 3.69. The first-order chi connectivity index (χ1) is 5.24. The van der Waals surface area contributed by atoms with Crippen LogP contribution in [0.2, 0.25) is 0 Å². The molecule has 11 heavy (non-hydrogen) atoms. The highest BCUT2D eigenvalue weighted by Crippen LogP contribution is 2.10. The number of aliphatic hydroxyl groups is 1. The standard InChI is InChI=1S/C8H10ClNO/c1-6-2-3-7(10-5-6)8(11)4-9/h2-3,5,8,11H,4H2,1H3. The summed E-state index contributed by atoms with van der Waals surface area (Å²) in [6.45, 7) is 1.95. The van der Waals surface area contributed by atoms with Crippen LogP contribution in [0.4, 0.5) is 0 Å². The normalized spacial score (nSPS) is 13.0. The highest BCUT2D eigenvalue weighted by Gasteiger charge is 2.05. The lowest BCUT2D eigenvalue weighted by Crippen LogP contribution is -2.00. The van der Waals surface area contributed by atoms with E-state index in [1.54, 1.807) is 12.3 Å². The number of aliphatic hydroxyl groups excluding tert-OH is 1. The highest BCUT2D eigenvalue weighted by atomic mass is 35.5. The van der Waals surface area contributed by atoms with Crippen LogP contribution in [0.1, 0.15) is 17.4 Å². The molecule has 1 unspecified atom stereocenters. The molecular weight excluding hydrogens is 162 g/mol. The van der Waals surface area contributed by atoms with E-state index in [0.717, 1.165) is 5.56 Å². The third kappa shape index (κ3) is 2.17. The quantitative estimate of drug-likeness (QED) is 0.687. The monoisotopic (exact) mass is 171 g/mol. The largest absolute Gasteiger partial charge is 0.386 e. The third-order valence-corrected chi connectivity index (χ3v) is 1.71. The highest BCUT2D eigenvalue weighted by molar-refractivity contribution is 6.18. The van der Waals surface area contributed by atoms with E-state index in [0.29, 0.717) is 5.69 Å².